The third kappa shape index (κ3) is 2.35. The standard InChI is InChI=1S/C10H18N4OS.HI/c1-10(2,3)14-7-6(11-8(14)15)13(4)9(12-7)16-5;/h6-7H,1-5H3,(H,11,15);1H. The number of halogens is 1. The van der Waals surface area contributed by atoms with Gasteiger partial charge in [-0.25, -0.2) is 14.7 Å². The van der Waals surface area contributed by atoms with E-state index in [9.17, 15) is 4.79 Å². The highest BCUT2D eigenvalue weighted by Crippen LogP contribution is 2.26. The Hall–Kier alpha value is -0.180. The molecule has 2 heterocycles. The quantitative estimate of drug-likeness (QED) is 0.364. The van der Waals surface area contributed by atoms with Crippen LogP contribution in [-0.4, -0.2) is 51.8 Å². The predicted octanol–water partition coefficient (Wildman–Crippen LogP) is -2.57. The Labute approximate surface area is 123 Å². The number of nitrogens with zero attached hydrogens (tertiary/aromatic N) is 2. The van der Waals surface area contributed by atoms with Crippen LogP contribution in [0.1, 0.15) is 20.8 Å². The van der Waals surface area contributed by atoms with E-state index in [4.69, 9.17) is 0 Å². The summed E-state index contributed by atoms with van der Waals surface area (Å²) in [5, 5.41) is 7.49. The second-order valence-electron chi connectivity index (χ2n) is 5.14. The van der Waals surface area contributed by atoms with Crippen molar-refractivity contribution in [3.8, 4) is 0 Å². The van der Waals surface area contributed by atoms with Crippen LogP contribution in [0.2, 0.25) is 0 Å². The first-order chi connectivity index (χ1) is 7.36. The third-order valence-electron chi connectivity index (χ3n) is 2.99. The number of fused-ring (bicyclic) bond motifs is 1. The number of amides is 2. The highest BCUT2D eigenvalue weighted by Gasteiger charge is 2.54. The number of urea groups is 1. The maximum absolute atomic E-state index is 11.9. The molecule has 0 aliphatic carbocycles. The lowest BCUT2D eigenvalue weighted by Gasteiger charge is -2.32. The van der Waals surface area contributed by atoms with Crippen molar-refractivity contribution in [2.24, 2.45) is 0 Å². The maximum Gasteiger partial charge on any atom is 0.324 e. The molecular formula is C10H19IN4OS. The Morgan fingerprint density at radius 2 is 1.94 bits per heavy atom. The fraction of sp³-hybridized carbons (Fsp3) is 0.800. The van der Waals surface area contributed by atoms with Gasteiger partial charge >= 0.3 is 11.2 Å². The van der Waals surface area contributed by atoms with Gasteiger partial charge in [0.2, 0.25) is 12.3 Å². The zero-order valence-electron chi connectivity index (χ0n) is 10.7. The van der Waals surface area contributed by atoms with Crippen LogP contribution in [0.4, 0.5) is 4.79 Å². The van der Waals surface area contributed by atoms with Gasteiger partial charge < -0.3 is 24.0 Å². The van der Waals surface area contributed by atoms with Crippen molar-refractivity contribution < 1.29 is 33.3 Å². The summed E-state index contributed by atoms with van der Waals surface area (Å²) in [4.78, 5) is 13.8. The van der Waals surface area contributed by atoms with Crippen molar-refractivity contribution in [1.82, 2.24) is 15.5 Å². The van der Waals surface area contributed by atoms with Crippen molar-refractivity contribution in [2.45, 2.75) is 38.6 Å². The molecule has 1 fully saturated rings. The molecule has 2 unspecified atom stereocenters. The fourth-order valence-electron chi connectivity index (χ4n) is 2.27. The smallest absolute Gasteiger partial charge is 0.324 e. The van der Waals surface area contributed by atoms with Crippen LogP contribution in [0.5, 0.6) is 0 Å². The number of hydrogen-bond donors (Lipinski definition) is 2. The summed E-state index contributed by atoms with van der Waals surface area (Å²) < 4.78 is 2.08. The predicted molar refractivity (Wildman–Crippen MR) is 65.5 cm³/mol. The Kier molecular flexibility index (Phi) is 4.23. The van der Waals surface area contributed by atoms with Crippen molar-refractivity contribution in [2.75, 3.05) is 13.3 Å². The van der Waals surface area contributed by atoms with Gasteiger partial charge in [0.25, 0.3) is 0 Å². The third-order valence-corrected chi connectivity index (χ3v) is 3.78. The molecule has 2 aliphatic rings. The van der Waals surface area contributed by atoms with Gasteiger partial charge in [0.1, 0.15) is 0 Å². The lowest BCUT2D eigenvalue weighted by atomic mass is 10.1. The number of carbonyl (C=O) groups is 1. The average molecular weight is 370 g/mol. The molecule has 2 atom stereocenters. The molecule has 98 valence electrons. The topological polar surface area (TPSA) is 47.4 Å². The van der Waals surface area contributed by atoms with Gasteiger partial charge in [-0.2, -0.15) is 0 Å². The van der Waals surface area contributed by atoms with Crippen LogP contribution >= 0.6 is 11.8 Å². The zero-order valence-corrected chi connectivity index (χ0v) is 13.7. The number of rotatable bonds is 0. The Morgan fingerprint density at radius 1 is 1.35 bits per heavy atom. The number of thioether (sulfide) groups is 1. The summed E-state index contributed by atoms with van der Waals surface area (Å²) in [6.45, 7) is 6.15. The van der Waals surface area contributed by atoms with E-state index >= 15 is 0 Å². The molecule has 0 aromatic heterocycles. The number of amidine groups is 1. The van der Waals surface area contributed by atoms with E-state index < -0.39 is 0 Å². The van der Waals surface area contributed by atoms with E-state index in [-0.39, 0.29) is 47.9 Å². The van der Waals surface area contributed by atoms with E-state index in [1.54, 1.807) is 11.8 Å². The summed E-state index contributed by atoms with van der Waals surface area (Å²) in [5.74, 6) is 0. The molecule has 7 heteroatoms. The summed E-state index contributed by atoms with van der Waals surface area (Å²) in [7, 11) is 2.00. The molecular weight excluding hydrogens is 351 g/mol. The number of likely N-dealkylation sites (N-methyl/N-ethyl adjacent to an activating group) is 1. The average Bonchev–Trinajstić information content (AvgIpc) is 2.61. The molecule has 2 aliphatic heterocycles. The first kappa shape index (κ1) is 14.9. The normalized spacial score (nSPS) is 27.6. The van der Waals surface area contributed by atoms with Crippen molar-refractivity contribution >= 4 is 23.0 Å². The largest absolute Gasteiger partial charge is 1.00 e. The van der Waals surface area contributed by atoms with Crippen LogP contribution in [0.25, 0.3) is 0 Å². The van der Waals surface area contributed by atoms with Crippen molar-refractivity contribution in [3.05, 3.63) is 0 Å². The summed E-state index contributed by atoms with van der Waals surface area (Å²) in [5.41, 5.74) is -0.175. The maximum atomic E-state index is 11.9. The van der Waals surface area contributed by atoms with E-state index in [1.807, 2.05) is 39.0 Å². The first-order valence-corrected chi connectivity index (χ1v) is 6.59. The van der Waals surface area contributed by atoms with Gasteiger partial charge in [-0.05, 0) is 38.8 Å². The molecule has 0 radical (unpaired) electrons. The van der Waals surface area contributed by atoms with Gasteiger partial charge in [0.05, 0.1) is 7.05 Å². The monoisotopic (exact) mass is 370 g/mol. The van der Waals surface area contributed by atoms with Gasteiger partial charge in [-0.3, -0.25) is 10.2 Å². The molecule has 5 nitrogen and oxygen atoms in total. The van der Waals surface area contributed by atoms with E-state index in [0.717, 1.165) is 5.17 Å². The molecule has 0 aromatic rings. The van der Waals surface area contributed by atoms with Gasteiger partial charge in [-0.15, -0.1) is 0 Å². The summed E-state index contributed by atoms with van der Waals surface area (Å²) in [6.07, 6.45) is 2.09. The molecule has 0 saturated carbocycles. The second kappa shape index (κ2) is 4.83. The zero-order chi connectivity index (χ0) is 12.1. The highest BCUT2D eigenvalue weighted by molar-refractivity contribution is 8.13. The van der Waals surface area contributed by atoms with Crippen LogP contribution in [-0.2, 0) is 0 Å². The Balaban J connectivity index is 0.00000144. The number of hydrogen-bond acceptors (Lipinski definition) is 3. The number of carbonyl (C=O) groups excluding carboxylic acids is 1. The molecule has 0 bridgehead atoms. The minimum atomic E-state index is -0.175. The molecule has 17 heavy (non-hydrogen) atoms. The van der Waals surface area contributed by atoms with Gasteiger partial charge in [0, 0.05) is 5.54 Å². The van der Waals surface area contributed by atoms with Crippen LogP contribution in [0, 0.1) is 0 Å². The van der Waals surface area contributed by atoms with E-state index in [1.165, 1.54) is 0 Å². The first-order valence-electron chi connectivity index (χ1n) is 5.36. The highest BCUT2D eigenvalue weighted by atomic mass is 127. The molecule has 2 rings (SSSR count). The minimum absolute atomic E-state index is 0. The Morgan fingerprint density at radius 3 is 2.41 bits per heavy atom. The molecule has 2 amide bonds. The summed E-state index contributed by atoms with van der Waals surface area (Å²) >= 11 is 1.66. The van der Waals surface area contributed by atoms with E-state index in [0.29, 0.717) is 0 Å². The lowest BCUT2D eigenvalue weighted by Crippen LogP contribution is -3.00. The molecule has 1 saturated heterocycles. The molecule has 2 N–H and O–H groups in total. The SMILES string of the molecule is CSC1=[N+](C)C2NC(=O)N(C(C)(C)C)C2N1.[I-]. The Bertz CT molecular complexity index is 366. The van der Waals surface area contributed by atoms with Crippen LogP contribution in [0.3, 0.4) is 0 Å². The van der Waals surface area contributed by atoms with E-state index in [2.05, 4.69) is 15.2 Å². The van der Waals surface area contributed by atoms with Gasteiger partial charge in [-0.1, -0.05) is 0 Å². The molecule has 0 aromatic carbocycles. The lowest BCUT2D eigenvalue weighted by molar-refractivity contribution is -0.532. The minimum Gasteiger partial charge on any atom is -1.00 e. The second-order valence-corrected chi connectivity index (χ2v) is 5.94. The number of nitrogens with one attached hydrogen (secondary N) is 2. The summed E-state index contributed by atoms with van der Waals surface area (Å²) in [6, 6.07) is 0.00185. The van der Waals surface area contributed by atoms with Crippen LogP contribution in [0.15, 0.2) is 0 Å². The molecule has 0 spiro atoms. The van der Waals surface area contributed by atoms with Crippen molar-refractivity contribution in [1.29, 1.82) is 0 Å². The van der Waals surface area contributed by atoms with Crippen LogP contribution < -0.4 is 34.6 Å². The fourth-order valence-corrected chi connectivity index (χ4v) is 2.91. The van der Waals surface area contributed by atoms with Crippen molar-refractivity contribution in [3.63, 3.8) is 0 Å². The van der Waals surface area contributed by atoms with Gasteiger partial charge in [0.15, 0.2) is 0 Å².